The number of likely N-dealkylation sites (N-methyl/N-ethyl adjacent to an activating group) is 1. The molecule has 3 rings (SSSR count). The standard InChI is InChI=1S/C17H19N3/c1-2-18-16(12-17-19-9-10-20-17)15-8-7-13-5-3-4-6-14(13)11-15/h3-11,16,18H,2,12H2,1H3,(H,19,20). The third-order valence-electron chi connectivity index (χ3n) is 3.58. The van der Waals surface area contributed by atoms with Crippen LogP contribution in [0.15, 0.2) is 54.9 Å². The van der Waals surface area contributed by atoms with Crippen molar-refractivity contribution < 1.29 is 0 Å². The predicted molar refractivity (Wildman–Crippen MR) is 82.7 cm³/mol. The van der Waals surface area contributed by atoms with Crippen LogP contribution >= 0.6 is 0 Å². The maximum Gasteiger partial charge on any atom is 0.107 e. The molecule has 0 aliphatic carbocycles. The minimum Gasteiger partial charge on any atom is -0.349 e. The zero-order chi connectivity index (χ0) is 13.8. The van der Waals surface area contributed by atoms with Gasteiger partial charge < -0.3 is 10.3 Å². The molecule has 2 N–H and O–H groups in total. The van der Waals surface area contributed by atoms with E-state index in [9.17, 15) is 0 Å². The van der Waals surface area contributed by atoms with Gasteiger partial charge in [0.2, 0.25) is 0 Å². The Bertz CT molecular complexity index is 674. The van der Waals surface area contributed by atoms with Gasteiger partial charge in [-0.2, -0.15) is 0 Å². The van der Waals surface area contributed by atoms with Crippen molar-refractivity contribution in [3.05, 3.63) is 66.2 Å². The van der Waals surface area contributed by atoms with Gasteiger partial charge in [-0.15, -0.1) is 0 Å². The molecular weight excluding hydrogens is 246 g/mol. The molecule has 0 saturated carbocycles. The third-order valence-corrected chi connectivity index (χ3v) is 3.58. The van der Waals surface area contributed by atoms with Crippen molar-refractivity contribution in [3.63, 3.8) is 0 Å². The SMILES string of the molecule is CCNC(Cc1ncc[nH]1)c1ccc2ccccc2c1. The quantitative estimate of drug-likeness (QED) is 0.741. The second kappa shape index (κ2) is 5.88. The number of hydrogen-bond donors (Lipinski definition) is 2. The van der Waals surface area contributed by atoms with E-state index in [1.54, 1.807) is 6.20 Å². The number of H-pyrrole nitrogens is 1. The summed E-state index contributed by atoms with van der Waals surface area (Å²) in [6, 6.07) is 15.4. The van der Waals surface area contributed by atoms with E-state index in [2.05, 4.69) is 64.7 Å². The number of benzene rings is 2. The van der Waals surface area contributed by atoms with E-state index < -0.39 is 0 Å². The van der Waals surface area contributed by atoms with Gasteiger partial charge in [-0.1, -0.05) is 43.3 Å². The van der Waals surface area contributed by atoms with Crippen LogP contribution in [0.5, 0.6) is 0 Å². The number of fused-ring (bicyclic) bond motifs is 1. The monoisotopic (exact) mass is 265 g/mol. The van der Waals surface area contributed by atoms with E-state index in [0.717, 1.165) is 18.8 Å². The second-order valence-corrected chi connectivity index (χ2v) is 4.96. The number of aromatic amines is 1. The van der Waals surface area contributed by atoms with Gasteiger partial charge in [0.25, 0.3) is 0 Å². The summed E-state index contributed by atoms with van der Waals surface area (Å²) in [6.45, 7) is 3.08. The van der Waals surface area contributed by atoms with E-state index in [0.29, 0.717) is 0 Å². The van der Waals surface area contributed by atoms with E-state index >= 15 is 0 Å². The molecule has 1 atom stereocenters. The average Bonchev–Trinajstić information content (AvgIpc) is 2.99. The molecular formula is C17H19N3. The fourth-order valence-corrected chi connectivity index (χ4v) is 2.58. The minimum atomic E-state index is 0.288. The first-order valence-electron chi connectivity index (χ1n) is 7.07. The number of nitrogens with zero attached hydrogens (tertiary/aromatic N) is 1. The molecule has 1 heterocycles. The van der Waals surface area contributed by atoms with Crippen LogP contribution < -0.4 is 5.32 Å². The van der Waals surface area contributed by atoms with Crippen molar-refractivity contribution in [3.8, 4) is 0 Å². The minimum absolute atomic E-state index is 0.288. The Morgan fingerprint density at radius 3 is 2.75 bits per heavy atom. The van der Waals surface area contributed by atoms with Crippen LogP contribution in [0.3, 0.4) is 0 Å². The highest BCUT2D eigenvalue weighted by Gasteiger charge is 2.12. The summed E-state index contributed by atoms with van der Waals surface area (Å²) in [4.78, 5) is 7.51. The lowest BCUT2D eigenvalue weighted by Crippen LogP contribution is -2.23. The highest BCUT2D eigenvalue weighted by molar-refractivity contribution is 5.83. The summed E-state index contributed by atoms with van der Waals surface area (Å²) < 4.78 is 0. The van der Waals surface area contributed by atoms with Gasteiger partial charge in [-0.25, -0.2) is 4.98 Å². The zero-order valence-electron chi connectivity index (χ0n) is 11.6. The van der Waals surface area contributed by atoms with E-state index in [4.69, 9.17) is 0 Å². The van der Waals surface area contributed by atoms with Crippen molar-refractivity contribution in [2.45, 2.75) is 19.4 Å². The highest BCUT2D eigenvalue weighted by atomic mass is 14.9. The molecule has 102 valence electrons. The molecule has 2 aromatic carbocycles. The zero-order valence-corrected chi connectivity index (χ0v) is 11.6. The van der Waals surface area contributed by atoms with Crippen molar-refractivity contribution in [2.75, 3.05) is 6.54 Å². The Morgan fingerprint density at radius 1 is 1.15 bits per heavy atom. The first kappa shape index (κ1) is 12.9. The Morgan fingerprint density at radius 2 is 2.00 bits per heavy atom. The smallest absolute Gasteiger partial charge is 0.107 e. The fraction of sp³-hybridized carbons (Fsp3) is 0.235. The lowest BCUT2D eigenvalue weighted by Gasteiger charge is -2.18. The summed E-state index contributed by atoms with van der Waals surface area (Å²) in [6.07, 6.45) is 4.55. The number of rotatable bonds is 5. The van der Waals surface area contributed by atoms with Crippen LogP contribution in [0.4, 0.5) is 0 Å². The van der Waals surface area contributed by atoms with Crippen molar-refractivity contribution in [1.82, 2.24) is 15.3 Å². The van der Waals surface area contributed by atoms with Crippen molar-refractivity contribution >= 4 is 10.8 Å². The molecule has 0 fully saturated rings. The second-order valence-electron chi connectivity index (χ2n) is 4.96. The number of hydrogen-bond acceptors (Lipinski definition) is 2. The largest absolute Gasteiger partial charge is 0.349 e. The van der Waals surface area contributed by atoms with E-state index in [1.807, 2.05) is 6.20 Å². The van der Waals surface area contributed by atoms with Crippen LogP contribution in [0, 0.1) is 0 Å². The molecule has 0 amide bonds. The molecule has 1 unspecified atom stereocenters. The van der Waals surface area contributed by atoms with Crippen LogP contribution in [0.1, 0.15) is 24.4 Å². The molecule has 3 aromatic rings. The summed E-state index contributed by atoms with van der Waals surface area (Å²) in [5.41, 5.74) is 1.31. The van der Waals surface area contributed by atoms with Gasteiger partial charge in [-0.05, 0) is 28.9 Å². The predicted octanol–water partition coefficient (Wildman–Crippen LogP) is 3.46. The van der Waals surface area contributed by atoms with Gasteiger partial charge in [0.1, 0.15) is 5.82 Å². The normalized spacial score (nSPS) is 12.7. The molecule has 3 heteroatoms. The summed E-state index contributed by atoms with van der Waals surface area (Å²) in [5.74, 6) is 1.02. The first-order valence-corrected chi connectivity index (χ1v) is 7.07. The van der Waals surface area contributed by atoms with Gasteiger partial charge >= 0.3 is 0 Å². The summed E-state index contributed by atoms with van der Waals surface area (Å²) >= 11 is 0. The topological polar surface area (TPSA) is 40.7 Å². The van der Waals surface area contributed by atoms with Gasteiger partial charge in [0.05, 0.1) is 0 Å². The average molecular weight is 265 g/mol. The fourth-order valence-electron chi connectivity index (χ4n) is 2.58. The lowest BCUT2D eigenvalue weighted by atomic mass is 9.99. The first-order chi connectivity index (χ1) is 9.86. The summed E-state index contributed by atoms with van der Waals surface area (Å²) in [5, 5.41) is 6.11. The Kier molecular flexibility index (Phi) is 3.79. The molecule has 0 aliphatic heterocycles. The Hall–Kier alpha value is -2.13. The molecule has 3 nitrogen and oxygen atoms in total. The number of nitrogens with one attached hydrogen (secondary N) is 2. The number of imidazole rings is 1. The maximum absolute atomic E-state index is 4.33. The van der Waals surface area contributed by atoms with Crippen molar-refractivity contribution in [2.24, 2.45) is 0 Å². The van der Waals surface area contributed by atoms with E-state index in [1.165, 1.54) is 16.3 Å². The molecule has 20 heavy (non-hydrogen) atoms. The van der Waals surface area contributed by atoms with Gasteiger partial charge in [0.15, 0.2) is 0 Å². The lowest BCUT2D eigenvalue weighted by molar-refractivity contribution is 0.539. The van der Waals surface area contributed by atoms with Crippen molar-refractivity contribution in [1.29, 1.82) is 0 Å². The molecule has 0 bridgehead atoms. The molecule has 0 saturated heterocycles. The van der Waals surface area contributed by atoms with Crippen LogP contribution in [-0.2, 0) is 6.42 Å². The number of aromatic nitrogens is 2. The molecule has 0 spiro atoms. The van der Waals surface area contributed by atoms with Crippen LogP contribution in [0.25, 0.3) is 10.8 Å². The van der Waals surface area contributed by atoms with Crippen LogP contribution in [0.2, 0.25) is 0 Å². The van der Waals surface area contributed by atoms with Crippen LogP contribution in [-0.4, -0.2) is 16.5 Å². The summed E-state index contributed by atoms with van der Waals surface area (Å²) in [7, 11) is 0. The van der Waals surface area contributed by atoms with Gasteiger partial charge in [-0.3, -0.25) is 0 Å². The molecule has 0 aliphatic rings. The molecule has 1 aromatic heterocycles. The molecule has 0 radical (unpaired) electrons. The maximum atomic E-state index is 4.33. The Balaban J connectivity index is 1.91. The third kappa shape index (κ3) is 2.73. The Labute approximate surface area is 119 Å². The highest BCUT2D eigenvalue weighted by Crippen LogP contribution is 2.22. The van der Waals surface area contributed by atoms with Gasteiger partial charge in [0, 0.05) is 24.9 Å². The van der Waals surface area contributed by atoms with E-state index in [-0.39, 0.29) is 6.04 Å².